The number of piperazine rings is 1. The topological polar surface area (TPSA) is 132 Å². The lowest BCUT2D eigenvalue weighted by molar-refractivity contribution is -0.120. The van der Waals surface area contributed by atoms with Gasteiger partial charge < -0.3 is 24.8 Å². The second-order valence-corrected chi connectivity index (χ2v) is 14.1. The Hall–Kier alpha value is -3.49. The van der Waals surface area contributed by atoms with Crippen LogP contribution in [0.5, 0.6) is 5.75 Å². The van der Waals surface area contributed by atoms with E-state index in [9.17, 15) is 18.0 Å². The lowest BCUT2D eigenvalue weighted by Gasteiger charge is -2.43. The van der Waals surface area contributed by atoms with Gasteiger partial charge in [0, 0.05) is 51.9 Å². The Labute approximate surface area is 259 Å². The third-order valence-electron chi connectivity index (χ3n) is 9.42. The molecule has 2 aromatic rings. The molecule has 1 aromatic heterocycles. The van der Waals surface area contributed by atoms with Crippen LogP contribution in [0.15, 0.2) is 18.3 Å². The van der Waals surface area contributed by atoms with E-state index in [0.717, 1.165) is 42.8 Å². The molecule has 3 aliphatic heterocycles. The normalized spacial score (nSPS) is 21.5. The number of hydrogen-bond acceptors (Lipinski definition) is 10. The minimum absolute atomic E-state index is 0.0199. The molecule has 1 aliphatic carbocycles. The van der Waals surface area contributed by atoms with E-state index >= 15 is 0 Å². The summed E-state index contributed by atoms with van der Waals surface area (Å²) in [6.45, 7) is 4.66. The van der Waals surface area contributed by atoms with Crippen LogP contribution in [0.2, 0.25) is 0 Å². The number of benzene rings is 1. The maximum absolute atomic E-state index is 13.4. The molecule has 6 rings (SSSR count). The number of anilines is 5. The van der Waals surface area contributed by atoms with Crippen molar-refractivity contribution < 1.29 is 22.7 Å². The van der Waals surface area contributed by atoms with Gasteiger partial charge in [-0.15, -0.1) is 0 Å². The second-order valence-electron chi connectivity index (χ2n) is 12.1. The van der Waals surface area contributed by atoms with Gasteiger partial charge >= 0.3 is 0 Å². The smallest absolute Gasteiger partial charge is 0.249 e. The Morgan fingerprint density at radius 1 is 1.09 bits per heavy atom. The van der Waals surface area contributed by atoms with E-state index in [2.05, 4.69) is 15.2 Å². The van der Waals surface area contributed by atoms with Gasteiger partial charge in [-0.05, 0) is 37.3 Å². The zero-order valence-electron chi connectivity index (χ0n) is 26.0. The van der Waals surface area contributed by atoms with E-state index in [1.165, 1.54) is 10.6 Å². The van der Waals surface area contributed by atoms with Gasteiger partial charge in [0.25, 0.3) is 0 Å². The minimum atomic E-state index is -3.22. The minimum Gasteiger partial charge on any atom is -0.494 e. The monoisotopic (exact) mass is 626 g/mol. The number of hydrogen-bond donors (Lipinski definition) is 1. The molecule has 4 heterocycles. The molecular formula is C30H42N8O5S. The highest BCUT2D eigenvalue weighted by Gasteiger charge is 2.41. The van der Waals surface area contributed by atoms with Gasteiger partial charge in [0.1, 0.15) is 17.5 Å². The van der Waals surface area contributed by atoms with Crippen molar-refractivity contribution in [2.45, 2.75) is 57.5 Å². The second kappa shape index (κ2) is 12.1. The number of amides is 2. The molecule has 1 aromatic carbocycles. The van der Waals surface area contributed by atoms with E-state index in [4.69, 9.17) is 9.72 Å². The third kappa shape index (κ3) is 5.70. The van der Waals surface area contributed by atoms with Gasteiger partial charge in [0.2, 0.25) is 27.8 Å². The number of fused-ring (bicyclic) bond motifs is 2. The molecule has 1 N–H and O–H groups in total. The Bertz CT molecular complexity index is 1540. The molecular weight excluding hydrogens is 584 g/mol. The van der Waals surface area contributed by atoms with Crippen molar-refractivity contribution in [2.75, 3.05) is 79.7 Å². The zero-order chi connectivity index (χ0) is 31.2. The van der Waals surface area contributed by atoms with Gasteiger partial charge in [0.15, 0.2) is 5.82 Å². The fourth-order valence-corrected chi connectivity index (χ4v) is 7.83. The molecule has 0 radical (unpaired) electrons. The van der Waals surface area contributed by atoms with E-state index in [-0.39, 0.29) is 30.4 Å². The summed E-state index contributed by atoms with van der Waals surface area (Å²) in [7, 11) is 0.161. The van der Waals surface area contributed by atoms with Gasteiger partial charge in [-0.2, -0.15) is 9.29 Å². The molecule has 4 aliphatic rings. The van der Waals surface area contributed by atoms with E-state index < -0.39 is 10.0 Å². The van der Waals surface area contributed by atoms with Crippen LogP contribution in [-0.4, -0.2) is 111 Å². The summed E-state index contributed by atoms with van der Waals surface area (Å²) in [6.07, 6.45) is 8.74. The molecule has 44 heavy (non-hydrogen) atoms. The number of nitrogens with zero attached hydrogens (tertiary/aromatic N) is 7. The fourth-order valence-electron chi connectivity index (χ4n) is 7.00. The quantitative estimate of drug-likeness (QED) is 0.465. The van der Waals surface area contributed by atoms with Crippen molar-refractivity contribution >= 4 is 50.7 Å². The number of nitrogens with one attached hydrogen (secondary N) is 1. The summed E-state index contributed by atoms with van der Waals surface area (Å²) in [5, 5.41) is 3.36. The SMILES string of the molecule is CC[C@@H]1C(=O)N(C)c2cnc(Nc3cc4c(cc3OC)N(C(=O)CN3CCN(S(C)(=O)=O)CC3)CC4)nc2N1C1CCCC1. The highest BCUT2D eigenvalue weighted by molar-refractivity contribution is 7.88. The van der Waals surface area contributed by atoms with Gasteiger partial charge in [-0.25, -0.2) is 13.4 Å². The van der Waals surface area contributed by atoms with Crippen LogP contribution in [0.25, 0.3) is 0 Å². The van der Waals surface area contributed by atoms with Crippen molar-refractivity contribution in [3.05, 3.63) is 23.9 Å². The summed E-state index contributed by atoms with van der Waals surface area (Å²) in [6, 6.07) is 3.90. The maximum atomic E-state index is 13.4. The summed E-state index contributed by atoms with van der Waals surface area (Å²) < 4.78 is 30.9. The average Bonchev–Trinajstić information content (AvgIpc) is 3.68. The van der Waals surface area contributed by atoms with Crippen molar-refractivity contribution in [1.82, 2.24) is 19.2 Å². The van der Waals surface area contributed by atoms with E-state index in [0.29, 0.717) is 68.6 Å². The van der Waals surface area contributed by atoms with Gasteiger partial charge in [-0.3, -0.25) is 14.5 Å². The van der Waals surface area contributed by atoms with Gasteiger partial charge in [0.05, 0.1) is 37.5 Å². The van der Waals surface area contributed by atoms with Crippen molar-refractivity contribution in [3.63, 3.8) is 0 Å². The summed E-state index contributed by atoms with van der Waals surface area (Å²) >= 11 is 0. The molecule has 0 unspecified atom stereocenters. The average molecular weight is 627 g/mol. The zero-order valence-corrected chi connectivity index (χ0v) is 26.8. The molecule has 0 bridgehead atoms. The lowest BCUT2D eigenvalue weighted by Crippen LogP contribution is -2.55. The van der Waals surface area contributed by atoms with Crippen LogP contribution >= 0.6 is 0 Å². The molecule has 13 nitrogen and oxygen atoms in total. The van der Waals surface area contributed by atoms with E-state index in [1.807, 2.05) is 24.0 Å². The number of rotatable bonds is 8. The van der Waals surface area contributed by atoms with Gasteiger partial charge in [-0.1, -0.05) is 19.8 Å². The Morgan fingerprint density at radius 2 is 1.82 bits per heavy atom. The van der Waals surface area contributed by atoms with Crippen LogP contribution in [0.3, 0.4) is 0 Å². The summed E-state index contributed by atoms with van der Waals surface area (Å²) in [5.74, 6) is 1.82. The number of carbonyl (C=O) groups excluding carboxylic acids is 2. The largest absolute Gasteiger partial charge is 0.494 e. The molecule has 1 saturated heterocycles. The molecule has 1 atom stereocenters. The number of carbonyl (C=O) groups is 2. The standard InChI is InChI=1S/C30H42N8O5S/c1-5-23-29(40)34(2)25-18-31-30(33-28(25)38(23)21-8-6-7-9-21)32-22-16-20-10-11-37(24(20)17-26(22)43-3)27(39)19-35-12-14-36(15-13-35)44(4,41)42/h16-18,21,23H,5-15,19H2,1-4H3,(H,31,32,33)/t23-/m1/s1. The molecule has 2 amide bonds. The number of aromatic nitrogens is 2. The van der Waals surface area contributed by atoms with Crippen LogP contribution in [-0.2, 0) is 26.0 Å². The Balaban J connectivity index is 1.21. The Morgan fingerprint density at radius 3 is 2.48 bits per heavy atom. The summed E-state index contributed by atoms with van der Waals surface area (Å²) in [4.78, 5) is 43.8. The highest BCUT2D eigenvalue weighted by atomic mass is 32.2. The lowest BCUT2D eigenvalue weighted by atomic mass is 10.0. The molecule has 2 fully saturated rings. The first-order valence-corrected chi connectivity index (χ1v) is 17.3. The third-order valence-corrected chi connectivity index (χ3v) is 10.7. The number of methoxy groups -OCH3 is 1. The summed E-state index contributed by atoms with van der Waals surface area (Å²) in [5.41, 5.74) is 3.25. The predicted octanol–water partition coefficient (Wildman–Crippen LogP) is 2.20. The molecule has 14 heteroatoms. The molecule has 1 saturated carbocycles. The number of ether oxygens (including phenoxy) is 1. The van der Waals surface area contributed by atoms with Crippen LogP contribution in [0.4, 0.5) is 28.8 Å². The number of sulfonamides is 1. The highest BCUT2D eigenvalue weighted by Crippen LogP contribution is 2.42. The fraction of sp³-hybridized carbons (Fsp3) is 0.600. The van der Waals surface area contributed by atoms with E-state index in [1.54, 1.807) is 30.2 Å². The maximum Gasteiger partial charge on any atom is 0.249 e. The first-order valence-electron chi connectivity index (χ1n) is 15.5. The molecule has 0 spiro atoms. The first-order chi connectivity index (χ1) is 21.1. The molecule has 238 valence electrons. The van der Waals surface area contributed by atoms with Crippen LogP contribution in [0, 0.1) is 0 Å². The van der Waals surface area contributed by atoms with Crippen LogP contribution < -0.4 is 24.8 Å². The van der Waals surface area contributed by atoms with Crippen molar-refractivity contribution in [1.29, 1.82) is 0 Å². The first kappa shape index (κ1) is 30.5. The van der Waals surface area contributed by atoms with Crippen molar-refractivity contribution in [2.24, 2.45) is 0 Å². The predicted molar refractivity (Wildman–Crippen MR) is 169 cm³/mol. The van der Waals surface area contributed by atoms with Crippen molar-refractivity contribution in [3.8, 4) is 5.75 Å². The Kier molecular flexibility index (Phi) is 8.42. The number of likely N-dealkylation sites (N-methyl/N-ethyl adjacent to an activating group) is 1. The van der Waals surface area contributed by atoms with Crippen LogP contribution in [0.1, 0.15) is 44.6 Å².